The van der Waals surface area contributed by atoms with Crippen LogP contribution in [0.25, 0.3) is 0 Å². The normalized spacial score (nSPS) is 34.3. The summed E-state index contributed by atoms with van der Waals surface area (Å²) in [5, 5.41) is 0. The van der Waals surface area contributed by atoms with Crippen LogP contribution in [0.5, 0.6) is 0 Å². The summed E-state index contributed by atoms with van der Waals surface area (Å²) in [6.07, 6.45) is 0. The second-order valence-corrected chi connectivity index (χ2v) is 2.76. The van der Waals surface area contributed by atoms with Crippen molar-refractivity contribution in [2.24, 2.45) is 0 Å². The average Bonchev–Trinajstić information content (AvgIpc) is 1.87. The fourth-order valence-corrected chi connectivity index (χ4v) is 1.21. The van der Waals surface area contributed by atoms with E-state index in [2.05, 4.69) is 16.0 Å². The molecule has 1 atom stereocenters. The highest BCUT2D eigenvalue weighted by molar-refractivity contribution is 7.95. The monoisotopic (exact) mass is 117 g/mol. The van der Waals surface area contributed by atoms with E-state index in [-0.39, 0.29) is 0 Å². The maximum Gasteiger partial charge on any atom is 0.0321 e. The summed E-state index contributed by atoms with van der Waals surface area (Å²) in [4.78, 5) is 0. The Balaban J connectivity index is 2.26. The molecule has 0 aromatic carbocycles. The minimum atomic E-state index is 0.412. The van der Waals surface area contributed by atoms with Crippen LogP contribution < -0.4 is 4.72 Å². The Morgan fingerprint density at radius 1 is 2.00 bits per heavy atom. The first-order valence-corrected chi connectivity index (χ1v) is 3.03. The van der Waals surface area contributed by atoms with Crippen molar-refractivity contribution in [3.8, 4) is 0 Å². The molecule has 0 spiro atoms. The van der Waals surface area contributed by atoms with Crippen LogP contribution in [-0.2, 0) is 0 Å². The topological polar surface area (TPSA) is 15.3 Å². The average molecular weight is 117 g/mol. The molecule has 0 aliphatic carbocycles. The minimum Gasteiger partial charge on any atom is -0.246 e. The van der Waals surface area contributed by atoms with Crippen molar-refractivity contribution in [3.63, 3.8) is 0 Å². The molecule has 1 fully saturated rings. The van der Waals surface area contributed by atoms with Gasteiger partial charge >= 0.3 is 0 Å². The minimum absolute atomic E-state index is 0.412. The van der Waals surface area contributed by atoms with Crippen molar-refractivity contribution in [1.82, 2.24) is 9.03 Å². The van der Waals surface area contributed by atoms with Crippen molar-refractivity contribution in [3.05, 3.63) is 6.92 Å². The molecule has 3 heteroatoms. The molecule has 1 aliphatic heterocycles. The molecule has 0 unspecified atom stereocenters. The summed E-state index contributed by atoms with van der Waals surface area (Å²) in [5.74, 6) is 0. The number of nitrogens with one attached hydrogen (secondary N) is 1. The lowest BCUT2D eigenvalue weighted by Crippen LogP contribution is -2.16. The molecule has 1 radical (unpaired) electrons. The number of nitrogens with zero attached hydrogens (tertiary/aromatic N) is 1. The first-order chi connectivity index (χ1) is 3.29. The Morgan fingerprint density at radius 3 is 2.86 bits per heavy atom. The summed E-state index contributed by atoms with van der Waals surface area (Å²) in [7, 11) is 2.04. The van der Waals surface area contributed by atoms with Gasteiger partial charge in [0.2, 0.25) is 0 Å². The number of hydrogen-bond acceptors (Lipinski definition) is 3. The highest BCUT2D eigenvalue weighted by Crippen LogP contribution is 2.10. The van der Waals surface area contributed by atoms with E-state index in [0.29, 0.717) is 6.04 Å². The summed E-state index contributed by atoms with van der Waals surface area (Å²) >= 11 is 1.63. The zero-order valence-corrected chi connectivity index (χ0v) is 5.16. The van der Waals surface area contributed by atoms with Crippen LogP contribution in [0.3, 0.4) is 0 Å². The largest absolute Gasteiger partial charge is 0.246 e. The highest BCUT2D eigenvalue weighted by Gasteiger charge is 2.13. The van der Waals surface area contributed by atoms with Gasteiger partial charge in [-0.25, -0.2) is 9.03 Å². The zero-order chi connectivity index (χ0) is 5.28. The van der Waals surface area contributed by atoms with Gasteiger partial charge in [-0.1, -0.05) is 0 Å². The maximum atomic E-state index is 3.81. The molecular weight excluding hydrogens is 108 g/mol. The van der Waals surface area contributed by atoms with Crippen LogP contribution in [-0.4, -0.2) is 23.9 Å². The van der Waals surface area contributed by atoms with Gasteiger partial charge in [0.15, 0.2) is 0 Å². The van der Waals surface area contributed by atoms with E-state index in [1.807, 2.05) is 7.05 Å². The van der Waals surface area contributed by atoms with Crippen LogP contribution >= 0.6 is 12.1 Å². The van der Waals surface area contributed by atoms with Gasteiger partial charge in [-0.3, -0.25) is 0 Å². The van der Waals surface area contributed by atoms with Crippen molar-refractivity contribution in [2.75, 3.05) is 13.6 Å². The zero-order valence-electron chi connectivity index (χ0n) is 4.35. The fourth-order valence-electron chi connectivity index (χ4n) is 0.549. The molecule has 1 heterocycles. The fraction of sp³-hybridized carbons (Fsp3) is 0.750. The van der Waals surface area contributed by atoms with Crippen LogP contribution in [0.1, 0.15) is 0 Å². The van der Waals surface area contributed by atoms with E-state index in [9.17, 15) is 0 Å². The molecule has 41 valence electrons. The van der Waals surface area contributed by atoms with E-state index in [1.54, 1.807) is 12.1 Å². The van der Waals surface area contributed by atoms with Crippen molar-refractivity contribution in [1.29, 1.82) is 0 Å². The molecule has 0 aromatic rings. The quantitative estimate of drug-likeness (QED) is 0.459. The lowest BCUT2D eigenvalue weighted by Gasteiger charge is -1.99. The van der Waals surface area contributed by atoms with Crippen molar-refractivity contribution < 1.29 is 0 Å². The molecule has 0 saturated carbocycles. The molecule has 1 rings (SSSR count). The van der Waals surface area contributed by atoms with Gasteiger partial charge in [-0.05, 0) is 14.0 Å². The van der Waals surface area contributed by atoms with Gasteiger partial charge in [-0.2, -0.15) is 0 Å². The Morgan fingerprint density at radius 2 is 2.71 bits per heavy atom. The van der Waals surface area contributed by atoms with E-state index < -0.39 is 0 Å². The lowest BCUT2D eigenvalue weighted by atomic mass is 10.4. The van der Waals surface area contributed by atoms with Crippen molar-refractivity contribution in [2.45, 2.75) is 6.04 Å². The third kappa shape index (κ3) is 1.33. The maximum absolute atomic E-state index is 3.81. The summed E-state index contributed by atoms with van der Waals surface area (Å²) in [6.45, 7) is 4.86. The molecule has 0 amide bonds. The molecule has 1 aliphatic rings. The molecule has 1 N–H and O–H groups in total. The second-order valence-electron chi connectivity index (χ2n) is 1.72. The SMILES string of the molecule is [CH2][C@H]1CN(C)SN1. The first-order valence-electron chi connectivity index (χ1n) is 2.26. The lowest BCUT2D eigenvalue weighted by molar-refractivity contribution is 0.568. The summed E-state index contributed by atoms with van der Waals surface area (Å²) < 4.78 is 5.22. The molecule has 2 nitrogen and oxygen atoms in total. The first kappa shape index (κ1) is 5.41. The smallest absolute Gasteiger partial charge is 0.0321 e. The van der Waals surface area contributed by atoms with Gasteiger partial charge in [0.25, 0.3) is 0 Å². The number of rotatable bonds is 0. The Hall–Kier alpha value is 0.270. The van der Waals surface area contributed by atoms with Crippen molar-refractivity contribution >= 4 is 12.1 Å². The number of hydrogen-bond donors (Lipinski definition) is 1. The standard InChI is InChI=1S/C4H9N2S/c1-4-3-6(2)7-5-4/h4-5H,1,3H2,2H3/t4-/m0/s1. The van der Waals surface area contributed by atoms with E-state index in [0.717, 1.165) is 6.54 Å². The van der Waals surface area contributed by atoms with Crippen LogP contribution in [0, 0.1) is 6.92 Å². The van der Waals surface area contributed by atoms with Crippen LogP contribution in [0.2, 0.25) is 0 Å². The molecule has 7 heavy (non-hydrogen) atoms. The van der Waals surface area contributed by atoms with Crippen LogP contribution in [0.15, 0.2) is 0 Å². The van der Waals surface area contributed by atoms with Gasteiger partial charge in [0.1, 0.15) is 0 Å². The highest BCUT2D eigenvalue weighted by atomic mass is 32.2. The Labute approximate surface area is 48.5 Å². The third-order valence-corrected chi connectivity index (χ3v) is 1.75. The molecule has 0 aromatic heterocycles. The third-order valence-electron chi connectivity index (χ3n) is 0.853. The second kappa shape index (κ2) is 2.03. The summed E-state index contributed by atoms with van der Waals surface area (Å²) in [6, 6.07) is 0.412. The summed E-state index contributed by atoms with van der Waals surface area (Å²) in [5.41, 5.74) is 0. The molecule has 0 bridgehead atoms. The van der Waals surface area contributed by atoms with Gasteiger partial charge in [0, 0.05) is 24.7 Å². The molecular formula is C4H9N2S. The molecule has 1 saturated heterocycles. The van der Waals surface area contributed by atoms with E-state index >= 15 is 0 Å². The predicted molar refractivity (Wildman–Crippen MR) is 32.5 cm³/mol. The number of likely N-dealkylation sites (N-methyl/N-ethyl adjacent to an activating group) is 1. The van der Waals surface area contributed by atoms with E-state index in [1.165, 1.54) is 0 Å². The Bertz CT molecular complexity index is 58.7. The van der Waals surface area contributed by atoms with Gasteiger partial charge < -0.3 is 0 Å². The van der Waals surface area contributed by atoms with E-state index in [4.69, 9.17) is 0 Å². The van der Waals surface area contributed by atoms with Gasteiger partial charge in [0.05, 0.1) is 0 Å². The van der Waals surface area contributed by atoms with Gasteiger partial charge in [-0.15, -0.1) is 0 Å². The van der Waals surface area contributed by atoms with Crippen LogP contribution in [0.4, 0.5) is 0 Å². The Kier molecular flexibility index (Phi) is 1.57. The predicted octanol–water partition coefficient (Wildman–Crippen LogP) is 0.287.